The summed E-state index contributed by atoms with van der Waals surface area (Å²) in [6, 6.07) is 7.73. The normalized spacial score (nSPS) is 20.4. The number of ketones is 1. The molecule has 1 fully saturated rings. The number of carbonyl (C=O) groups excluding carboxylic acids is 2. The molecule has 1 amide bonds. The zero-order valence-electron chi connectivity index (χ0n) is 18.0. The highest BCUT2D eigenvalue weighted by Crippen LogP contribution is 2.18. The van der Waals surface area contributed by atoms with E-state index in [0.717, 1.165) is 38.3 Å². The van der Waals surface area contributed by atoms with E-state index < -0.39 is 0 Å². The van der Waals surface area contributed by atoms with Crippen LogP contribution in [-0.2, 0) is 4.79 Å². The van der Waals surface area contributed by atoms with Crippen LogP contribution in [0.2, 0.25) is 0 Å². The first kappa shape index (κ1) is 22.4. The van der Waals surface area contributed by atoms with Gasteiger partial charge < -0.3 is 14.5 Å². The number of amides is 1. The summed E-state index contributed by atoms with van der Waals surface area (Å²) in [5.41, 5.74) is 0.626. The number of benzene rings is 1. The summed E-state index contributed by atoms with van der Waals surface area (Å²) >= 11 is 0. The Morgan fingerprint density at radius 3 is 2.21 bits per heavy atom. The molecular formula is C22H35N3O3. The molecule has 0 bridgehead atoms. The fourth-order valence-electron chi connectivity index (χ4n) is 3.87. The summed E-state index contributed by atoms with van der Waals surface area (Å²) < 4.78 is 5.11. The van der Waals surface area contributed by atoms with Gasteiger partial charge in [-0.15, -0.1) is 0 Å². The van der Waals surface area contributed by atoms with Crippen molar-refractivity contribution in [2.75, 3.05) is 47.4 Å². The molecule has 1 aliphatic heterocycles. The maximum Gasteiger partial charge on any atom is 0.223 e. The third kappa shape index (κ3) is 6.31. The summed E-state index contributed by atoms with van der Waals surface area (Å²) in [6.07, 6.45) is 1.65. The summed E-state index contributed by atoms with van der Waals surface area (Å²) in [5.74, 6) is 0.798. The molecule has 6 heteroatoms. The Labute approximate surface area is 169 Å². The molecule has 0 radical (unpaired) electrons. The molecule has 6 nitrogen and oxygen atoms in total. The quantitative estimate of drug-likeness (QED) is 0.608. The minimum Gasteiger partial charge on any atom is -0.497 e. The van der Waals surface area contributed by atoms with Crippen LogP contribution in [0.3, 0.4) is 0 Å². The largest absolute Gasteiger partial charge is 0.497 e. The lowest BCUT2D eigenvalue weighted by atomic mass is 10.0. The maximum absolute atomic E-state index is 12.7. The van der Waals surface area contributed by atoms with Gasteiger partial charge in [0.25, 0.3) is 0 Å². The van der Waals surface area contributed by atoms with Gasteiger partial charge in [-0.1, -0.05) is 0 Å². The van der Waals surface area contributed by atoms with E-state index in [4.69, 9.17) is 4.74 Å². The topological polar surface area (TPSA) is 53.1 Å². The molecule has 0 saturated carbocycles. The van der Waals surface area contributed by atoms with E-state index in [1.165, 1.54) is 0 Å². The monoisotopic (exact) mass is 389 g/mol. The van der Waals surface area contributed by atoms with Gasteiger partial charge in [0.1, 0.15) is 5.75 Å². The Morgan fingerprint density at radius 2 is 1.68 bits per heavy atom. The third-order valence-electron chi connectivity index (χ3n) is 5.45. The van der Waals surface area contributed by atoms with Crippen molar-refractivity contribution in [3.63, 3.8) is 0 Å². The Kier molecular flexibility index (Phi) is 8.45. The summed E-state index contributed by atoms with van der Waals surface area (Å²) in [7, 11) is 5.78. The first-order chi connectivity index (χ1) is 13.3. The lowest BCUT2D eigenvalue weighted by Gasteiger charge is -2.44. The Balaban J connectivity index is 1.81. The van der Waals surface area contributed by atoms with Crippen LogP contribution >= 0.6 is 0 Å². The van der Waals surface area contributed by atoms with E-state index >= 15 is 0 Å². The van der Waals surface area contributed by atoms with Crippen molar-refractivity contribution in [1.29, 1.82) is 0 Å². The van der Waals surface area contributed by atoms with Gasteiger partial charge in [-0.25, -0.2) is 0 Å². The van der Waals surface area contributed by atoms with Crippen LogP contribution in [0, 0.1) is 0 Å². The SMILES string of the molecule is COc1ccc(C(=O)CCC(=O)N2CC(C)N(CCCN(C)C)C(C)C2)cc1. The molecule has 28 heavy (non-hydrogen) atoms. The molecule has 0 aliphatic carbocycles. The molecule has 1 aromatic rings. The predicted molar refractivity (Wildman–Crippen MR) is 112 cm³/mol. The summed E-state index contributed by atoms with van der Waals surface area (Å²) in [6.45, 7) is 7.98. The van der Waals surface area contributed by atoms with Gasteiger partial charge in [-0.2, -0.15) is 0 Å². The third-order valence-corrected chi connectivity index (χ3v) is 5.45. The molecule has 2 rings (SSSR count). The Hall–Kier alpha value is -1.92. The Bertz CT molecular complexity index is 633. The smallest absolute Gasteiger partial charge is 0.223 e. The fraction of sp³-hybridized carbons (Fsp3) is 0.636. The van der Waals surface area contributed by atoms with Gasteiger partial charge in [0, 0.05) is 50.1 Å². The molecule has 0 aromatic heterocycles. The van der Waals surface area contributed by atoms with E-state index in [-0.39, 0.29) is 24.5 Å². The average molecular weight is 390 g/mol. The highest BCUT2D eigenvalue weighted by Gasteiger charge is 2.31. The van der Waals surface area contributed by atoms with Crippen LogP contribution in [0.15, 0.2) is 24.3 Å². The van der Waals surface area contributed by atoms with E-state index in [0.29, 0.717) is 17.6 Å². The van der Waals surface area contributed by atoms with Crippen molar-refractivity contribution >= 4 is 11.7 Å². The van der Waals surface area contributed by atoms with Crippen molar-refractivity contribution in [2.24, 2.45) is 0 Å². The highest BCUT2D eigenvalue weighted by atomic mass is 16.5. The lowest BCUT2D eigenvalue weighted by Crippen LogP contribution is -2.58. The molecule has 2 unspecified atom stereocenters. The number of rotatable bonds is 9. The van der Waals surface area contributed by atoms with E-state index in [9.17, 15) is 9.59 Å². The summed E-state index contributed by atoms with van der Waals surface area (Å²) in [5, 5.41) is 0. The van der Waals surface area contributed by atoms with Crippen molar-refractivity contribution in [1.82, 2.24) is 14.7 Å². The molecule has 1 aromatic carbocycles. The Morgan fingerprint density at radius 1 is 1.07 bits per heavy atom. The second-order valence-electron chi connectivity index (χ2n) is 8.04. The minimum absolute atomic E-state index is 0.000536. The molecule has 0 N–H and O–H groups in total. The molecule has 2 atom stereocenters. The molecule has 156 valence electrons. The van der Waals surface area contributed by atoms with Gasteiger partial charge in [-0.3, -0.25) is 14.5 Å². The number of hydrogen-bond donors (Lipinski definition) is 0. The number of methoxy groups -OCH3 is 1. The van der Waals surface area contributed by atoms with Crippen molar-refractivity contribution in [3.05, 3.63) is 29.8 Å². The number of piperazine rings is 1. The van der Waals surface area contributed by atoms with Gasteiger partial charge in [0.05, 0.1) is 7.11 Å². The first-order valence-electron chi connectivity index (χ1n) is 10.2. The lowest BCUT2D eigenvalue weighted by molar-refractivity contribution is -0.135. The van der Waals surface area contributed by atoms with E-state index in [1.807, 2.05) is 4.90 Å². The standard InChI is InChI=1S/C22H35N3O3/c1-17-15-24(16-18(2)25(17)14-6-13-23(3)4)22(27)12-11-21(26)19-7-9-20(28-5)10-8-19/h7-10,17-18H,6,11-16H2,1-5H3. The average Bonchev–Trinajstić information content (AvgIpc) is 2.67. The fourth-order valence-corrected chi connectivity index (χ4v) is 3.87. The molecular weight excluding hydrogens is 354 g/mol. The van der Waals surface area contributed by atoms with E-state index in [2.05, 4.69) is 37.7 Å². The number of ether oxygens (including phenoxy) is 1. The van der Waals surface area contributed by atoms with E-state index in [1.54, 1.807) is 31.4 Å². The van der Waals surface area contributed by atoms with Gasteiger partial charge in [0.2, 0.25) is 5.91 Å². The van der Waals surface area contributed by atoms with Crippen LogP contribution in [0.5, 0.6) is 5.75 Å². The van der Waals surface area contributed by atoms with Crippen LogP contribution in [-0.4, -0.2) is 85.9 Å². The van der Waals surface area contributed by atoms with Crippen molar-refractivity contribution in [3.8, 4) is 5.75 Å². The minimum atomic E-state index is -0.000536. The van der Waals surface area contributed by atoms with Crippen molar-refractivity contribution < 1.29 is 14.3 Å². The number of nitrogens with zero attached hydrogens (tertiary/aromatic N) is 3. The molecule has 1 heterocycles. The molecule has 1 aliphatic rings. The van der Waals surface area contributed by atoms with Gasteiger partial charge in [-0.05, 0) is 65.2 Å². The first-order valence-corrected chi connectivity index (χ1v) is 10.2. The summed E-state index contributed by atoms with van der Waals surface area (Å²) in [4.78, 5) is 31.7. The van der Waals surface area contributed by atoms with Crippen LogP contribution in [0.25, 0.3) is 0 Å². The molecule has 1 saturated heterocycles. The van der Waals surface area contributed by atoms with Gasteiger partial charge in [0.15, 0.2) is 5.78 Å². The second kappa shape index (κ2) is 10.6. The van der Waals surface area contributed by atoms with Crippen LogP contribution in [0.1, 0.15) is 43.5 Å². The van der Waals surface area contributed by atoms with Crippen LogP contribution in [0.4, 0.5) is 0 Å². The zero-order valence-corrected chi connectivity index (χ0v) is 18.0. The number of carbonyl (C=O) groups is 2. The highest BCUT2D eigenvalue weighted by molar-refractivity contribution is 5.98. The van der Waals surface area contributed by atoms with Gasteiger partial charge >= 0.3 is 0 Å². The number of hydrogen-bond acceptors (Lipinski definition) is 5. The zero-order chi connectivity index (χ0) is 20.7. The maximum atomic E-state index is 12.7. The van der Waals surface area contributed by atoms with Crippen LogP contribution < -0.4 is 4.74 Å². The molecule has 0 spiro atoms. The van der Waals surface area contributed by atoms with Crippen molar-refractivity contribution in [2.45, 2.75) is 45.2 Å². The number of Topliss-reactive ketones (excluding diaryl/α,β-unsaturated/α-hetero) is 1. The predicted octanol–water partition coefficient (Wildman–Crippen LogP) is 2.53. The second-order valence-corrected chi connectivity index (χ2v) is 8.04.